The molecule has 0 spiro atoms. The molecule has 2 rings (SSSR count). The highest BCUT2D eigenvalue weighted by molar-refractivity contribution is 5.84. The van der Waals surface area contributed by atoms with Crippen LogP contribution in [-0.2, 0) is 20.9 Å². The van der Waals surface area contributed by atoms with Gasteiger partial charge in [0.25, 0.3) is 5.91 Å². The molecule has 7 nitrogen and oxygen atoms in total. The van der Waals surface area contributed by atoms with E-state index in [2.05, 4.69) is 16.5 Å². The third kappa shape index (κ3) is 5.05. The summed E-state index contributed by atoms with van der Waals surface area (Å²) in [6, 6.07) is 4.17. The molecule has 1 heterocycles. The van der Waals surface area contributed by atoms with Gasteiger partial charge in [-0.3, -0.25) is 14.3 Å². The highest BCUT2D eigenvalue weighted by Crippen LogP contribution is 2.27. The van der Waals surface area contributed by atoms with E-state index in [0.717, 1.165) is 30.7 Å². The fourth-order valence-electron chi connectivity index (χ4n) is 3.17. The summed E-state index contributed by atoms with van der Waals surface area (Å²) in [4.78, 5) is 24.3. The summed E-state index contributed by atoms with van der Waals surface area (Å²) in [6.45, 7) is 5.76. The smallest absolute Gasteiger partial charge is 0.308 e. The van der Waals surface area contributed by atoms with E-state index in [1.54, 1.807) is 4.68 Å². The first kappa shape index (κ1) is 19.0. The number of carbonyl (C=O) groups excluding carboxylic acids is 2. The molecule has 1 aromatic rings. The minimum Gasteiger partial charge on any atom is -0.452 e. The van der Waals surface area contributed by atoms with Crippen molar-refractivity contribution >= 4 is 11.9 Å². The third-order valence-electron chi connectivity index (χ3n) is 4.59. The zero-order chi connectivity index (χ0) is 18.4. The number of aromatic nitrogens is 2. The summed E-state index contributed by atoms with van der Waals surface area (Å²) < 4.78 is 6.95. The number of rotatable bonds is 6. The Labute approximate surface area is 148 Å². The van der Waals surface area contributed by atoms with Gasteiger partial charge >= 0.3 is 5.97 Å². The Morgan fingerprint density at radius 3 is 2.64 bits per heavy atom. The summed E-state index contributed by atoms with van der Waals surface area (Å²) in [5.74, 6) is -0.868. The molecule has 1 aliphatic rings. The Bertz CT molecular complexity index is 668. The van der Waals surface area contributed by atoms with E-state index in [4.69, 9.17) is 4.74 Å². The van der Waals surface area contributed by atoms with Gasteiger partial charge in [-0.1, -0.05) is 19.3 Å². The van der Waals surface area contributed by atoms with Gasteiger partial charge in [-0.05, 0) is 39.7 Å². The van der Waals surface area contributed by atoms with Crippen LogP contribution in [-0.4, -0.2) is 33.3 Å². The van der Waals surface area contributed by atoms with Crippen LogP contribution in [0.2, 0.25) is 0 Å². The van der Waals surface area contributed by atoms with Gasteiger partial charge in [0.15, 0.2) is 6.10 Å². The number of hydrogen-bond donors (Lipinski definition) is 1. The van der Waals surface area contributed by atoms with Crippen molar-refractivity contribution in [2.24, 2.45) is 0 Å². The van der Waals surface area contributed by atoms with Crippen molar-refractivity contribution in [1.29, 1.82) is 5.26 Å². The molecule has 0 aromatic carbocycles. The van der Waals surface area contributed by atoms with Crippen LogP contribution in [0.25, 0.3) is 0 Å². The molecule has 136 valence electrons. The number of aryl methyl sites for hydroxylation is 3. The fourth-order valence-corrected chi connectivity index (χ4v) is 3.17. The van der Waals surface area contributed by atoms with E-state index in [9.17, 15) is 14.9 Å². The Hall–Kier alpha value is -2.36. The molecule has 1 amide bonds. The van der Waals surface area contributed by atoms with Crippen LogP contribution in [0.1, 0.15) is 56.8 Å². The molecule has 0 radical (unpaired) electrons. The van der Waals surface area contributed by atoms with E-state index < -0.39 is 23.5 Å². The standard InChI is InChI=1S/C18H26N4O3/c1-13-11-14(2)22(21-13)10-7-16(23)25-15(3)17(24)20-18(12-19)8-5-4-6-9-18/h11,15H,4-10H2,1-3H3,(H,20,24). The van der Waals surface area contributed by atoms with Gasteiger partial charge in [0.2, 0.25) is 0 Å². The molecule has 1 atom stereocenters. The topological polar surface area (TPSA) is 97.0 Å². The summed E-state index contributed by atoms with van der Waals surface area (Å²) in [5, 5.41) is 16.5. The number of hydrogen-bond acceptors (Lipinski definition) is 5. The number of carbonyl (C=O) groups is 2. The average molecular weight is 346 g/mol. The average Bonchev–Trinajstić information content (AvgIpc) is 2.91. The molecule has 1 saturated carbocycles. The first-order chi connectivity index (χ1) is 11.8. The number of ether oxygens (including phenoxy) is 1. The monoisotopic (exact) mass is 346 g/mol. The maximum absolute atomic E-state index is 12.3. The van der Waals surface area contributed by atoms with Gasteiger partial charge in [0.1, 0.15) is 5.54 Å². The first-order valence-corrected chi connectivity index (χ1v) is 8.79. The Morgan fingerprint density at radius 1 is 1.40 bits per heavy atom. The molecular weight excluding hydrogens is 320 g/mol. The van der Waals surface area contributed by atoms with Crippen molar-refractivity contribution in [2.45, 2.75) is 77.5 Å². The molecule has 0 aliphatic heterocycles. The second-order valence-electron chi connectivity index (χ2n) is 6.78. The maximum Gasteiger partial charge on any atom is 0.308 e. The number of nitrogens with one attached hydrogen (secondary N) is 1. The predicted octanol–water partition coefficient (Wildman–Crippen LogP) is 2.16. The van der Waals surface area contributed by atoms with Crippen molar-refractivity contribution in [1.82, 2.24) is 15.1 Å². The predicted molar refractivity (Wildman–Crippen MR) is 91.4 cm³/mol. The number of esters is 1. The van der Waals surface area contributed by atoms with Crippen LogP contribution in [0.4, 0.5) is 0 Å². The van der Waals surface area contributed by atoms with Crippen LogP contribution < -0.4 is 5.32 Å². The zero-order valence-corrected chi connectivity index (χ0v) is 15.2. The van der Waals surface area contributed by atoms with E-state index in [-0.39, 0.29) is 6.42 Å². The molecule has 1 aromatic heterocycles. The Kier molecular flexibility index (Phi) is 6.18. The van der Waals surface area contributed by atoms with E-state index in [0.29, 0.717) is 19.4 Å². The van der Waals surface area contributed by atoms with E-state index in [1.807, 2.05) is 19.9 Å². The minimum atomic E-state index is -0.917. The van der Waals surface area contributed by atoms with Crippen LogP contribution in [0.15, 0.2) is 6.07 Å². The molecule has 1 unspecified atom stereocenters. The normalized spacial score (nSPS) is 17.4. The molecular formula is C18H26N4O3. The second-order valence-corrected chi connectivity index (χ2v) is 6.78. The van der Waals surface area contributed by atoms with Gasteiger partial charge in [0, 0.05) is 5.69 Å². The zero-order valence-electron chi connectivity index (χ0n) is 15.2. The van der Waals surface area contributed by atoms with Crippen LogP contribution >= 0.6 is 0 Å². The van der Waals surface area contributed by atoms with Crippen molar-refractivity contribution in [3.05, 3.63) is 17.5 Å². The lowest BCUT2D eigenvalue weighted by atomic mass is 9.83. The van der Waals surface area contributed by atoms with Gasteiger partial charge in [-0.25, -0.2) is 0 Å². The lowest BCUT2D eigenvalue weighted by Crippen LogP contribution is -2.52. The maximum atomic E-state index is 12.3. The number of nitriles is 1. The van der Waals surface area contributed by atoms with Crippen molar-refractivity contribution in [2.75, 3.05) is 0 Å². The summed E-state index contributed by atoms with van der Waals surface area (Å²) in [6.07, 6.45) is 3.44. The molecule has 0 bridgehead atoms. The lowest BCUT2D eigenvalue weighted by molar-refractivity contribution is -0.155. The van der Waals surface area contributed by atoms with Crippen LogP contribution in [0.3, 0.4) is 0 Å². The lowest BCUT2D eigenvalue weighted by Gasteiger charge is -2.32. The molecule has 1 aliphatic carbocycles. The van der Waals surface area contributed by atoms with Crippen molar-refractivity contribution in [3.8, 4) is 6.07 Å². The highest BCUT2D eigenvalue weighted by Gasteiger charge is 2.35. The fraction of sp³-hybridized carbons (Fsp3) is 0.667. The first-order valence-electron chi connectivity index (χ1n) is 8.79. The minimum absolute atomic E-state index is 0.142. The Morgan fingerprint density at radius 2 is 2.08 bits per heavy atom. The van der Waals surface area contributed by atoms with Crippen molar-refractivity contribution in [3.63, 3.8) is 0 Å². The van der Waals surface area contributed by atoms with E-state index in [1.165, 1.54) is 6.92 Å². The Balaban J connectivity index is 1.82. The molecule has 1 N–H and O–H groups in total. The molecule has 7 heteroatoms. The second kappa shape index (κ2) is 8.15. The third-order valence-corrected chi connectivity index (χ3v) is 4.59. The van der Waals surface area contributed by atoms with Crippen LogP contribution in [0.5, 0.6) is 0 Å². The highest BCUT2D eigenvalue weighted by atomic mass is 16.5. The number of nitrogens with zero attached hydrogens (tertiary/aromatic N) is 3. The van der Waals surface area contributed by atoms with Gasteiger partial charge < -0.3 is 10.1 Å². The van der Waals surface area contributed by atoms with Gasteiger partial charge in [-0.15, -0.1) is 0 Å². The van der Waals surface area contributed by atoms with Crippen molar-refractivity contribution < 1.29 is 14.3 Å². The summed E-state index contributed by atoms with van der Waals surface area (Å²) in [5.41, 5.74) is 1.05. The quantitative estimate of drug-likeness (QED) is 0.796. The summed E-state index contributed by atoms with van der Waals surface area (Å²) in [7, 11) is 0. The van der Waals surface area contributed by atoms with Gasteiger partial charge in [-0.2, -0.15) is 10.4 Å². The molecule has 0 saturated heterocycles. The number of amides is 1. The molecule has 25 heavy (non-hydrogen) atoms. The molecule has 1 fully saturated rings. The summed E-state index contributed by atoms with van der Waals surface area (Å²) >= 11 is 0. The largest absolute Gasteiger partial charge is 0.452 e. The van der Waals surface area contributed by atoms with Crippen LogP contribution in [0, 0.1) is 25.2 Å². The SMILES string of the molecule is Cc1cc(C)n(CCC(=O)OC(C)C(=O)NC2(C#N)CCCCC2)n1. The van der Waals surface area contributed by atoms with Gasteiger partial charge in [0.05, 0.1) is 24.7 Å². The van der Waals surface area contributed by atoms with E-state index >= 15 is 0 Å².